The van der Waals surface area contributed by atoms with Crippen molar-refractivity contribution in [2.24, 2.45) is 0 Å². The van der Waals surface area contributed by atoms with E-state index in [1.807, 2.05) is 12.1 Å². The molecule has 0 atom stereocenters. The van der Waals surface area contributed by atoms with E-state index in [2.05, 4.69) is 24.3 Å². The van der Waals surface area contributed by atoms with Crippen molar-refractivity contribution in [3.63, 3.8) is 0 Å². The van der Waals surface area contributed by atoms with Gasteiger partial charge in [-0.2, -0.15) is 0 Å². The van der Waals surface area contributed by atoms with Crippen LogP contribution in [0.1, 0.15) is 36.8 Å². The highest BCUT2D eigenvalue weighted by Crippen LogP contribution is 2.47. The summed E-state index contributed by atoms with van der Waals surface area (Å²) < 4.78 is 0. The summed E-state index contributed by atoms with van der Waals surface area (Å²) in [4.78, 5) is 0. The van der Waals surface area contributed by atoms with Crippen LogP contribution in [0.5, 0.6) is 11.5 Å². The molecule has 0 saturated heterocycles. The average Bonchev–Trinajstić information content (AvgIpc) is 2.93. The van der Waals surface area contributed by atoms with Crippen LogP contribution >= 0.6 is 0 Å². The standard InChI is InChI=1S/C17H18O2/c18-15-9-8-14(12-16(15)19)17(10-4-5-11-17)13-6-2-1-3-7-13/h1-3,6-9,12,18-19H,4-5,10-11H2. The lowest BCUT2D eigenvalue weighted by molar-refractivity contribution is 0.401. The second kappa shape index (κ2) is 4.61. The Hall–Kier alpha value is -1.96. The molecule has 0 heterocycles. The minimum absolute atomic E-state index is 0.00750. The number of benzene rings is 2. The molecule has 2 heteroatoms. The van der Waals surface area contributed by atoms with Crippen LogP contribution in [0.4, 0.5) is 0 Å². The number of hydrogen-bond acceptors (Lipinski definition) is 2. The van der Waals surface area contributed by atoms with Gasteiger partial charge in [-0.25, -0.2) is 0 Å². The van der Waals surface area contributed by atoms with Gasteiger partial charge in [0.25, 0.3) is 0 Å². The molecule has 3 rings (SSSR count). The zero-order valence-corrected chi connectivity index (χ0v) is 10.8. The molecule has 0 amide bonds. The number of aromatic hydroxyl groups is 2. The van der Waals surface area contributed by atoms with E-state index in [9.17, 15) is 10.2 Å². The first-order valence-corrected chi connectivity index (χ1v) is 6.80. The summed E-state index contributed by atoms with van der Waals surface area (Å²) in [5.74, 6) is -0.0790. The molecular formula is C17H18O2. The Morgan fingerprint density at radius 1 is 0.737 bits per heavy atom. The summed E-state index contributed by atoms with van der Waals surface area (Å²) >= 11 is 0. The highest BCUT2D eigenvalue weighted by Gasteiger charge is 2.37. The van der Waals surface area contributed by atoms with E-state index in [0.717, 1.165) is 18.4 Å². The smallest absolute Gasteiger partial charge is 0.157 e. The molecule has 1 saturated carbocycles. The minimum atomic E-state index is -0.0510. The monoisotopic (exact) mass is 254 g/mol. The van der Waals surface area contributed by atoms with Crippen LogP contribution in [0.25, 0.3) is 0 Å². The van der Waals surface area contributed by atoms with Gasteiger partial charge >= 0.3 is 0 Å². The van der Waals surface area contributed by atoms with Gasteiger partial charge in [-0.05, 0) is 36.1 Å². The number of phenols is 2. The molecule has 2 aromatic carbocycles. The van der Waals surface area contributed by atoms with E-state index in [-0.39, 0.29) is 16.9 Å². The maximum Gasteiger partial charge on any atom is 0.157 e. The van der Waals surface area contributed by atoms with Gasteiger partial charge in [-0.3, -0.25) is 0 Å². The van der Waals surface area contributed by atoms with Crippen LogP contribution < -0.4 is 0 Å². The second-order valence-electron chi connectivity index (χ2n) is 5.36. The SMILES string of the molecule is Oc1ccc(C2(c3ccccc3)CCCC2)cc1O. The van der Waals surface area contributed by atoms with Crippen molar-refractivity contribution in [3.8, 4) is 11.5 Å². The van der Waals surface area contributed by atoms with Crippen LogP contribution in [0, 0.1) is 0 Å². The molecule has 1 fully saturated rings. The van der Waals surface area contributed by atoms with E-state index in [1.165, 1.54) is 18.4 Å². The molecule has 0 bridgehead atoms. The zero-order valence-electron chi connectivity index (χ0n) is 10.8. The van der Waals surface area contributed by atoms with Gasteiger partial charge in [0.1, 0.15) is 0 Å². The first-order valence-electron chi connectivity index (χ1n) is 6.80. The predicted molar refractivity (Wildman–Crippen MR) is 75.5 cm³/mol. The number of rotatable bonds is 2. The first kappa shape index (κ1) is 12.1. The van der Waals surface area contributed by atoms with Gasteiger partial charge < -0.3 is 10.2 Å². The molecule has 2 aromatic rings. The van der Waals surface area contributed by atoms with E-state index in [0.29, 0.717) is 0 Å². The molecule has 0 spiro atoms. The van der Waals surface area contributed by atoms with Crippen molar-refractivity contribution in [3.05, 3.63) is 59.7 Å². The highest BCUT2D eigenvalue weighted by atomic mass is 16.3. The highest BCUT2D eigenvalue weighted by molar-refractivity contribution is 5.48. The Morgan fingerprint density at radius 2 is 1.42 bits per heavy atom. The van der Waals surface area contributed by atoms with E-state index in [1.54, 1.807) is 12.1 Å². The Balaban J connectivity index is 2.13. The molecule has 1 aliphatic carbocycles. The molecule has 1 aliphatic rings. The van der Waals surface area contributed by atoms with Gasteiger partial charge in [0.2, 0.25) is 0 Å². The molecule has 0 aliphatic heterocycles. The van der Waals surface area contributed by atoms with Crippen LogP contribution in [-0.2, 0) is 5.41 Å². The van der Waals surface area contributed by atoms with Crippen molar-refractivity contribution >= 4 is 0 Å². The fourth-order valence-corrected chi connectivity index (χ4v) is 3.30. The first-order chi connectivity index (χ1) is 9.22. The Labute approximate surface area is 113 Å². The molecule has 2 N–H and O–H groups in total. The fourth-order valence-electron chi connectivity index (χ4n) is 3.30. The third kappa shape index (κ3) is 1.97. The van der Waals surface area contributed by atoms with Crippen molar-refractivity contribution in [1.82, 2.24) is 0 Å². The molecule has 19 heavy (non-hydrogen) atoms. The summed E-state index contributed by atoms with van der Waals surface area (Å²) in [6, 6.07) is 15.7. The maximum atomic E-state index is 9.77. The Morgan fingerprint density at radius 3 is 2.05 bits per heavy atom. The summed E-state index contributed by atoms with van der Waals surface area (Å²) in [5.41, 5.74) is 2.40. The zero-order chi connectivity index (χ0) is 13.3. The quantitative estimate of drug-likeness (QED) is 0.796. The number of hydrogen-bond donors (Lipinski definition) is 2. The van der Waals surface area contributed by atoms with E-state index >= 15 is 0 Å². The lowest BCUT2D eigenvalue weighted by Crippen LogP contribution is -2.23. The topological polar surface area (TPSA) is 40.5 Å². The van der Waals surface area contributed by atoms with Gasteiger partial charge in [0.15, 0.2) is 11.5 Å². The second-order valence-corrected chi connectivity index (χ2v) is 5.36. The minimum Gasteiger partial charge on any atom is -0.504 e. The lowest BCUT2D eigenvalue weighted by Gasteiger charge is -2.30. The largest absolute Gasteiger partial charge is 0.504 e. The van der Waals surface area contributed by atoms with Gasteiger partial charge in [-0.1, -0.05) is 49.2 Å². The van der Waals surface area contributed by atoms with E-state index in [4.69, 9.17) is 0 Å². The molecule has 0 unspecified atom stereocenters. The fraction of sp³-hybridized carbons (Fsp3) is 0.294. The summed E-state index contributed by atoms with van der Waals surface area (Å²) in [5, 5.41) is 19.3. The van der Waals surface area contributed by atoms with Crippen LogP contribution in [0.3, 0.4) is 0 Å². The maximum absolute atomic E-state index is 9.77. The normalized spacial score (nSPS) is 17.5. The van der Waals surface area contributed by atoms with Crippen LogP contribution in [-0.4, -0.2) is 10.2 Å². The van der Waals surface area contributed by atoms with Crippen molar-refractivity contribution in [2.45, 2.75) is 31.1 Å². The summed E-state index contributed by atoms with van der Waals surface area (Å²) in [7, 11) is 0. The van der Waals surface area contributed by atoms with Gasteiger partial charge in [-0.15, -0.1) is 0 Å². The predicted octanol–water partition coefficient (Wildman–Crippen LogP) is 3.96. The van der Waals surface area contributed by atoms with Crippen molar-refractivity contribution in [2.75, 3.05) is 0 Å². The Kier molecular flexibility index (Phi) is 2.94. The molecule has 2 nitrogen and oxygen atoms in total. The van der Waals surface area contributed by atoms with Crippen molar-refractivity contribution in [1.29, 1.82) is 0 Å². The number of phenolic OH excluding ortho intramolecular Hbond substituents is 2. The summed E-state index contributed by atoms with van der Waals surface area (Å²) in [6.07, 6.45) is 4.61. The third-order valence-electron chi connectivity index (χ3n) is 4.31. The van der Waals surface area contributed by atoms with Gasteiger partial charge in [0, 0.05) is 5.41 Å². The Bertz CT molecular complexity index is 569. The van der Waals surface area contributed by atoms with E-state index < -0.39 is 0 Å². The van der Waals surface area contributed by atoms with Crippen LogP contribution in [0.15, 0.2) is 48.5 Å². The lowest BCUT2D eigenvalue weighted by atomic mass is 9.73. The molecule has 0 radical (unpaired) electrons. The molecular weight excluding hydrogens is 236 g/mol. The third-order valence-corrected chi connectivity index (χ3v) is 4.31. The average molecular weight is 254 g/mol. The van der Waals surface area contributed by atoms with Crippen molar-refractivity contribution < 1.29 is 10.2 Å². The summed E-state index contributed by atoms with van der Waals surface area (Å²) in [6.45, 7) is 0. The van der Waals surface area contributed by atoms with Gasteiger partial charge in [0.05, 0.1) is 0 Å². The molecule has 0 aromatic heterocycles. The van der Waals surface area contributed by atoms with Crippen LogP contribution in [0.2, 0.25) is 0 Å². The molecule has 98 valence electrons.